The van der Waals surface area contributed by atoms with Gasteiger partial charge in [0.1, 0.15) is 30.5 Å². The van der Waals surface area contributed by atoms with Gasteiger partial charge in [0.25, 0.3) is 0 Å². The molecule has 0 radical (unpaired) electrons. The second-order valence-corrected chi connectivity index (χ2v) is 16.8. The maximum Gasteiger partial charge on any atom is 0.220 e. The van der Waals surface area contributed by atoms with Gasteiger partial charge in [-0.2, -0.15) is 0 Å². The number of unbranched alkanes of at least 4 members (excludes halogenated alkanes) is 22. The van der Waals surface area contributed by atoms with Crippen molar-refractivity contribution in [1.82, 2.24) is 10.2 Å². The molecule has 7 N–H and O–H groups in total. The minimum absolute atomic E-state index is 0.258. The molecule has 0 aliphatic carbocycles. The summed E-state index contributed by atoms with van der Waals surface area (Å²) in [6.07, 6.45) is 21.9. The molecule has 0 bridgehead atoms. The minimum atomic E-state index is -1.61. The molecule has 0 saturated carbocycles. The molecule has 1 unspecified atom stereocenters. The predicted molar refractivity (Wildman–Crippen MR) is 226 cm³/mol. The zero-order valence-electron chi connectivity index (χ0n) is 36.3. The molecule has 0 aromatic carbocycles. The molecule has 11 heteroatoms. The summed E-state index contributed by atoms with van der Waals surface area (Å²) in [4.78, 5) is 15.7. The van der Waals surface area contributed by atoms with Gasteiger partial charge in [-0.3, -0.25) is 4.79 Å². The SMILES string of the molecule is CCCCCCCCCCCCCC[C@H](O)[C@H](O)[C@H](CO[C@H]1OC(CO)[C@H](O)[C@H](O)[C@H]1O)NC(=O)CCCCCCCCCCN(CCCCC)CCCCC. The summed E-state index contributed by atoms with van der Waals surface area (Å²) in [5.74, 6) is -0.258. The highest BCUT2D eigenvalue weighted by Crippen LogP contribution is 2.23. The third-order valence-corrected chi connectivity index (χ3v) is 11.6. The molecule has 1 fully saturated rings. The van der Waals surface area contributed by atoms with Crippen molar-refractivity contribution in [3.8, 4) is 0 Å². The molecule has 1 amide bonds. The Kier molecular flexibility index (Phi) is 34.2. The van der Waals surface area contributed by atoms with Crippen molar-refractivity contribution in [1.29, 1.82) is 0 Å². The fourth-order valence-corrected chi connectivity index (χ4v) is 7.73. The Bertz CT molecular complexity index is 875. The molecule has 0 spiro atoms. The summed E-state index contributed by atoms with van der Waals surface area (Å²) >= 11 is 0. The van der Waals surface area contributed by atoms with E-state index in [0.29, 0.717) is 12.8 Å². The minimum Gasteiger partial charge on any atom is -0.394 e. The van der Waals surface area contributed by atoms with Crippen molar-refractivity contribution < 1.29 is 44.9 Å². The number of aliphatic hydroxyl groups is 6. The van der Waals surface area contributed by atoms with Crippen LogP contribution >= 0.6 is 0 Å². The zero-order chi connectivity index (χ0) is 41.2. The van der Waals surface area contributed by atoms with Gasteiger partial charge in [-0.1, -0.05) is 162 Å². The quantitative estimate of drug-likeness (QED) is 0.0313. The number of hydrogen-bond donors (Lipinski definition) is 7. The maximum absolute atomic E-state index is 13.0. The number of carbonyl (C=O) groups excluding carboxylic acids is 1. The normalized spacial score (nSPS) is 21.7. The van der Waals surface area contributed by atoms with Gasteiger partial charge in [-0.05, 0) is 51.7 Å². The van der Waals surface area contributed by atoms with Crippen LogP contribution in [0.1, 0.15) is 201 Å². The van der Waals surface area contributed by atoms with E-state index in [1.165, 1.54) is 135 Å². The molecular formula is C45H90N2O9. The molecule has 1 aliphatic rings. The highest BCUT2D eigenvalue weighted by molar-refractivity contribution is 5.76. The van der Waals surface area contributed by atoms with Crippen LogP contribution in [0, 0.1) is 0 Å². The van der Waals surface area contributed by atoms with Crippen LogP contribution in [-0.4, -0.2) is 123 Å². The van der Waals surface area contributed by atoms with E-state index < -0.39 is 55.6 Å². The van der Waals surface area contributed by atoms with Crippen LogP contribution in [0.4, 0.5) is 0 Å². The van der Waals surface area contributed by atoms with E-state index in [2.05, 4.69) is 31.0 Å². The summed E-state index contributed by atoms with van der Waals surface area (Å²) in [7, 11) is 0. The lowest BCUT2D eigenvalue weighted by Gasteiger charge is -2.40. The molecule has 1 saturated heterocycles. The van der Waals surface area contributed by atoms with E-state index in [1.54, 1.807) is 0 Å². The summed E-state index contributed by atoms with van der Waals surface area (Å²) in [5.41, 5.74) is 0. The van der Waals surface area contributed by atoms with E-state index in [9.17, 15) is 35.4 Å². The first-order valence-electron chi connectivity index (χ1n) is 23.5. The van der Waals surface area contributed by atoms with Gasteiger partial charge < -0.3 is 50.3 Å². The number of hydrogen-bond acceptors (Lipinski definition) is 10. The second-order valence-electron chi connectivity index (χ2n) is 16.8. The fourth-order valence-electron chi connectivity index (χ4n) is 7.73. The average molecular weight is 803 g/mol. The van der Waals surface area contributed by atoms with Crippen LogP contribution < -0.4 is 5.32 Å². The third-order valence-electron chi connectivity index (χ3n) is 11.6. The van der Waals surface area contributed by atoms with Crippen LogP contribution in [0.15, 0.2) is 0 Å². The Morgan fingerprint density at radius 1 is 0.607 bits per heavy atom. The summed E-state index contributed by atoms with van der Waals surface area (Å²) in [6.45, 7) is 9.54. The average Bonchev–Trinajstić information content (AvgIpc) is 3.19. The van der Waals surface area contributed by atoms with Crippen LogP contribution in [0.2, 0.25) is 0 Å². The van der Waals surface area contributed by atoms with Crippen molar-refractivity contribution in [2.75, 3.05) is 32.8 Å². The first-order valence-corrected chi connectivity index (χ1v) is 23.5. The molecule has 1 rings (SSSR count). The van der Waals surface area contributed by atoms with Crippen molar-refractivity contribution in [2.45, 2.75) is 250 Å². The van der Waals surface area contributed by atoms with Crippen molar-refractivity contribution in [3.63, 3.8) is 0 Å². The highest BCUT2D eigenvalue weighted by Gasteiger charge is 2.44. The topological polar surface area (TPSA) is 172 Å². The second kappa shape index (κ2) is 36.0. The van der Waals surface area contributed by atoms with E-state index in [-0.39, 0.29) is 18.9 Å². The lowest BCUT2D eigenvalue weighted by molar-refractivity contribution is -0.303. The third kappa shape index (κ3) is 25.6. The first kappa shape index (κ1) is 53.1. The number of nitrogens with zero attached hydrogens (tertiary/aromatic N) is 1. The molecule has 334 valence electrons. The number of nitrogens with one attached hydrogen (secondary N) is 1. The molecule has 1 heterocycles. The maximum atomic E-state index is 13.0. The number of aliphatic hydroxyl groups excluding tert-OH is 6. The predicted octanol–water partition coefficient (Wildman–Crippen LogP) is 7.29. The van der Waals surface area contributed by atoms with Crippen molar-refractivity contribution in [2.24, 2.45) is 0 Å². The van der Waals surface area contributed by atoms with Gasteiger partial charge in [0.15, 0.2) is 6.29 Å². The smallest absolute Gasteiger partial charge is 0.220 e. The molecule has 11 nitrogen and oxygen atoms in total. The largest absolute Gasteiger partial charge is 0.394 e. The van der Waals surface area contributed by atoms with Crippen molar-refractivity contribution in [3.05, 3.63) is 0 Å². The van der Waals surface area contributed by atoms with Gasteiger partial charge in [0.2, 0.25) is 5.91 Å². The van der Waals surface area contributed by atoms with Crippen LogP contribution in [0.3, 0.4) is 0 Å². The molecule has 1 aliphatic heterocycles. The molecule has 56 heavy (non-hydrogen) atoms. The zero-order valence-corrected chi connectivity index (χ0v) is 36.3. The van der Waals surface area contributed by atoms with E-state index in [0.717, 1.165) is 44.9 Å². The van der Waals surface area contributed by atoms with Gasteiger partial charge in [-0.25, -0.2) is 0 Å². The van der Waals surface area contributed by atoms with E-state index in [1.807, 2.05) is 0 Å². The van der Waals surface area contributed by atoms with Crippen molar-refractivity contribution >= 4 is 5.91 Å². The lowest BCUT2D eigenvalue weighted by atomic mass is 9.98. The summed E-state index contributed by atoms with van der Waals surface area (Å²) in [6, 6.07) is -0.989. The van der Waals surface area contributed by atoms with Gasteiger partial charge in [0.05, 0.1) is 25.4 Å². The van der Waals surface area contributed by atoms with Gasteiger partial charge in [0, 0.05) is 6.42 Å². The summed E-state index contributed by atoms with van der Waals surface area (Å²) in [5, 5.41) is 65.2. The molecule has 0 aromatic rings. The molecule has 0 aromatic heterocycles. The van der Waals surface area contributed by atoms with E-state index in [4.69, 9.17) is 9.47 Å². The number of amides is 1. The fraction of sp³-hybridized carbons (Fsp3) is 0.978. The monoisotopic (exact) mass is 803 g/mol. The van der Waals surface area contributed by atoms with Gasteiger partial charge >= 0.3 is 0 Å². The molecular weight excluding hydrogens is 712 g/mol. The number of ether oxygens (including phenoxy) is 2. The molecule has 8 atom stereocenters. The summed E-state index contributed by atoms with van der Waals surface area (Å²) < 4.78 is 11.2. The van der Waals surface area contributed by atoms with Crippen LogP contribution in [0.5, 0.6) is 0 Å². The number of carbonyl (C=O) groups is 1. The number of rotatable bonds is 39. The first-order chi connectivity index (χ1) is 27.2. The highest BCUT2D eigenvalue weighted by atomic mass is 16.7. The van der Waals surface area contributed by atoms with Crippen LogP contribution in [0.25, 0.3) is 0 Å². The van der Waals surface area contributed by atoms with E-state index >= 15 is 0 Å². The standard InChI is InChI=1S/C45H90N2O9/c1-4-7-10-11-12-13-14-15-16-19-22-25-30-38(49)41(51)37(36-55-45-44(54)43(53)42(52)39(35-48)56-45)46-40(50)31-26-23-20-17-18-21-24-29-34-47(32-27-8-5-2)33-28-9-6-3/h37-39,41-45,48-49,51-54H,4-36H2,1-3H3,(H,46,50)/t37-,38-,39?,41+,42-,43-,44+,45-/m0/s1. The Labute approximate surface area is 342 Å². The Hall–Kier alpha value is -0.890. The Morgan fingerprint density at radius 2 is 1.04 bits per heavy atom. The van der Waals surface area contributed by atoms with Crippen LogP contribution in [-0.2, 0) is 14.3 Å². The Balaban J connectivity index is 2.46. The van der Waals surface area contributed by atoms with Gasteiger partial charge in [-0.15, -0.1) is 0 Å². The Morgan fingerprint density at radius 3 is 1.54 bits per heavy atom. The lowest BCUT2D eigenvalue weighted by Crippen LogP contribution is -2.60.